The molecule has 0 nitrogen and oxygen atoms in total. The Morgan fingerprint density at radius 3 is 2.37 bits per heavy atom. The minimum Gasteiger partial charge on any atom is -0.0827 e. The van der Waals surface area contributed by atoms with Crippen LogP contribution in [0.3, 0.4) is 0 Å². The molecule has 2 aromatic rings. The second kappa shape index (κ2) is 5.19. The van der Waals surface area contributed by atoms with Crippen molar-refractivity contribution in [2.45, 2.75) is 31.6 Å². The summed E-state index contributed by atoms with van der Waals surface area (Å²) in [5, 5.41) is 1.28. The fourth-order valence-electron chi connectivity index (χ4n) is 3.08. The molecule has 19 heavy (non-hydrogen) atoms. The van der Waals surface area contributed by atoms with Gasteiger partial charge in [-0.3, -0.25) is 0 Å². The van der Waals surface area contributed by atoms with E-state index >= 15 is 0 Å². The van der Waals surface area contributed by atoms with Crippen LogP contribution in [0.25, 0.3) is 0 Å². The van der Waals surface area contributed by atoms with Gasteiger partial charge in [0, 0.05) is 5.92 Å². The SMILES string of the molecule is C[C@@H]1CC[C@@H](c2ccc(Cl)c(Cl)c2)c2ccccc21. The Kier molecular flexibility index (Phi) is 3.56. The fourth-order valence-corrected chi connectivity index (χ4v) is 3.39. The van der Waals surface area contributed by atoms with Crippen molar-refractivity contribution in [3.8, 4) is 0 Å². The molecule has 2 atom stereocenters. The molecule has 0 N–H and O–H groups in total. The van der Waals surface area contributed by atoms with E-state index in [1.807, 2.05) is 12.1 Å². The smallest absolute Gasteiger partial charge is 0.0595 e. The molecule has 1 aliphatic rings. The molecule has 0 heterocycles. The highest BCUT2D eigenvalue weighted by Gasteiger charge is 2.25. The molecule has 0 fully saturated rings. The van der Waals surface area contributed by atoms with Crippen LogP contribution in [-0.2, 0) is 0 Å². The second-order valence-electron chi connectivity index (χ2n) is 5.33. The van der Waals surface area contributed by atoms with Crippen molar-refractivity contribution in [1.29, 1.82) is 0 Å². The molecule has 0 aliphatic heterocycles. The van der Waals surface area contributed by atoms with Gasteiger partial charge in [0.25, 0.3) is 0 Å². The summed E-state index contributed by atoms with van der Waals surface area (Å²) >= 11 is 12.2. The lowest BCUT2D eigenvalue weighted by Crippen LogP contribution is -2.13. The Bertz CT molecular complexity index is 604. The van der Waals surface area contributed by atoms with Gasteiger partial charge in [0.05, 0.1) is 10.0 Å². The molecule has 0 amide bonds. The minimum atomic E-state index is 0.446. The predicted octanol–water partition coefficient (Wildman–Crippen LogP) is 6.02. The van der Waals surface area contributed by atoms with Gasteiger partial charge in [-0.15, -0.1) is 0 Å². The summed E-state index contributed by atoms with van der Waals surface area (Å²) in [4.78, 5) is 0. The average molecular weight is 291 g/mol. The van der Waals surface area contributed by atoms with Gasteiger partial charge in [-0.25, -0.2) is 0 Å². The highest BCUT2D eigenvalue weighted by Crippen LogP contribution is 2.42. The van der Waals surface area contributed by atoms with Crippen LogP contribution in [0.4, 0.5) is 0 Å². The fraction of sp³-hybridized carbons (Fsp3) is 0.294. The lowest BCUT2D eigenvalue weighted by atomic mass is 9.75. The zero-order valence-electron chi connectivity index (χ0n) is 10.9. The van der Waals surface area contributed by atoms with Gasteiger partial charge < -0.3 is 0 Å². The van der Waals surface area contributed by atoms with E-state index in [1.165, 1.54) is 29.5 Å². The molecule has 0 radical (unpaired) electrons. The van der Waals surface area contributed by atoms with Crippen molar-refractivity contribution in [2.75, 3.05) is 0 Å². The first-order valence-electron chi connectivity index (χ1n) is 6.70. The molecule has 3 rings (SSSR count). The third kappa shape index (κ3) is 2.40. The van der Waals surface area contributed by atoms with Crippen molar-refractivity contribution in [2.24, 2.45) is 0 Å². The molecular formula is C17H16Cl2. The van der Waals surface area contributed by atoms with E-state index in [1.54, 1.807) is 0 Å². The Labute approximate surface area is 124 Å². The minimum absolute atomic E-state index is 0.446. The van der Waals surface area contributed by atoms with Crippen LogP contribution in [0.15, 0.2) is 42.5 Å². The molecule has 0 saturated heterocycles. The number of benzene rings is 2. The highest BCUT2D eigenvalue weighted by atomic mass is 35.5. The van der Waals surface area contributed by atoms with Gasteiger partial charge in [-0.05, 0) is 47.6 Å². The maximum absolute atomic E-state index is 6.16. The Balaban J connectivity index is 2.07. The van der Waals surface area contributed by atoms with E-state index < -0.39 is 0 Å². The summed E-state index contributed by atoms with van der Waals surface area (Å²) in [5.74, 6) is 1.09. The molecular weight excluding hydrogens is 275 g/mol. The standard InChI is InChI=1S/C17H16Cl2/c1-11-6-8-14(15-5-3-2-4-13(11)15)12-7-9-16(18)17(19)10-12/h2-5,7,9-11,14H,6,8H2,1H3/t11-,14+/m1/s1. The number of fused-ring (bicyclic) bond motifs is 1. The van der Waals surface area contributed by atoms with Crippen molar-refractivity contribution in [3.63, 3.8) is 0 Å². The summed E-state index contributed by atoms with van der Waals surface area (Å²) in [7, 11) is 0. The van der Waals surface area contributed by atoms with Gasteiger partial charge in [0.1, 0.15) is 0 Å². The molecule has 1 aliphatic carbocycles. The molecule has 0 spiro atoms. The molecule has 0 bridgehead atoms. The van der Waals surface area contributed by atoms with Crippen LogP contribution < -0.4 is 0 Å². The predicted molar refractivity (Wildman–Crippen MR) is 82.4 cm³/mol. The Morgan fingerprint density at radius 2 is 1.63 bits per heavy atom. The van der Waals surface area contributed by atoms with Gasteiger partial charge in [-0.2, -0.15) is 0 Å². The summed E-state index contributed by atoms with van der Waals surface area (Å²) in [6, 6.07) is 14.8. The third-order valence-electron chi connectivity index (χ3n) is 4.14. The average Bonchev–Trinajstić information content (AvgIpc) is 2.43. The number of hydrogen-bond acceptors (Lipinski definition) is 0. The molecule has 98 valence electrons. The number of hydrogen-bond donors (Lipinski definition) is 0. The summed E-state index contributed by atoms with van der Waals surface area (Å²) in [5.41, 5.74) is 4.19. The first-order chi connectivity index (χ1) is 9.16. The van der Waals surface area contributed by atoms with E-state index in [0.29, 0.717) is 21.9 Å². The zero-order chi connectivity index (χ0) is 13.4. The van der Waals surface area contributed by atoms with Gasteiger partial charge in [0.15, 0.2) is 0 Å². The lowest BCUT2D eigenvalue weighted by Gasteiger charge is -2.30. The van der Waals surface area contributed by atoms with Crippen molar-refractivity contribution in [3.05, 3.63) is 69.2 Å². The van der Waals surface area contributed by atoms with E-state index in [0.717, 1.165) is 0 Å². The van der Waals surface area contributed by atoms with Gasteiger partial charge in [0.2, 0.25) is 0 Å². The van der Waals surface area contributed by atoms with Crippen LogP contribution in [-0.4, -0.2) is 0 Å². The first kappa shape index (κ1) is 13.0. The van der Waals surface area contributed by atoms with E-state index in [2.05, 4.69) is 37.3 Å². The van der Waals surface area contributed by atoms with Gasteiger partial charge in [-0.1, -0.05) is 60.5 Å². The Morgan fingerprint density at radius 1 is 0.895 bits per heavy atom. The number of halogens is 2. The summed E-state index contributed by atoms with van der Waals surface area (Å²) in [6.45, 7) is 2.31. The molecule has 0 unspecified atom stereocenters. The van der Waals surface area contributed by atoms with E-state index in [9.17, 15) is 0 Å². The van der Waals surface area contributed by atoms with Crippen LogP contribution in [0.1, 0.15) is 48.3 Å². The third-order valence-corrected chi connectivity index (χ3v) is 4.88. The van der Waals surface area contributed by atoms with Gasteiger partial charge >= 0.3 is 0 Å². The van der Waals surface area contributed by atoms with Crippen molar-refractivity contribution >= 4 is 23.2 Å². The normalized spacial score (nSPS) is 22.1. The first-order valence-corrected chi connectivity index (χ1v) is 7.46. The van der Waals surface area contributed by atoms with E-state index in [-0.39, 0.29) is 0 Å². The highest BCUT2D eigenvalue weighted by molar-refractivity contribution is 6.42. The monoisotopic (exact) mass is 290 g/mol. The second-order valence-corrected chi connectivity index (χ2v) is 6.15. The summed E-state index contributed by atoms with van der Waals surface area (Å²) < 4.78 is 0. The molecule has 0 saturated carbocycles. The zero-order valence-corrected chi connectivity index (χ0v) is 12.4. The lowest BCUT2D eigenvalue weighted by molar-refractivity contribution is 0.545. The van der Waals surface area contributed by atoms with E-state index in [4.69, 9.17) is 23.2 Å². The largest absolute Gasteiger partial charge is 0.0827 e. The van der Waals surface area contributed by atoms with Crippen LogP contribution in [0.5, 0.6) is 0 Å². The Hall–Kier alpha value is -0.980. The van der Waals surface area contributed by atoms with Crippen molar-refractivity contribution < 1.29 is 0 Å². The topological polar surface area (TPSA) is 0 Å². The van der Waals surface area contributed by atoms with Crippen LogP contribution >= 0.6 is 23.2 Å². The molecule has 0 aromatic heterocycles. The van der Waals surface area contributed by atoms with Crippen molar-refractivity contribution in [1.82, 2.24) is 0 Å². The maximum atomic E-state index is 6.16. The molecule has 2 heteroatoms. The quantitative estimate of drug-likeness (QED) is 0.602. The maximum Gasteiger partial charge on any atom is 0.0595 e. The van der Waals surface area contributed by atoms with Crippen LogP contribution in [0.2, 0.25) is 10.0 Å². The molecule has 2 aromatic carbocycles. The van der Waals surface area contributed by atoms with Crippen LogP contribution in [0, 0.1) is 0 Å². The number of rotatable bonds is 1. The summed E-state index contributed by atoms with van der Waals surface area (Å²) in [6.07, 6.45) is 2.40.